The standard InChI is InChI=1S/C11H12ClN3OS/c1-15(9-5-3-2-4-6-9)14-8-10(7-12)17-11(13)16/h2-8H,1H3,(H2,13,16)/b10-7+,14-8+. The number of para-hydroxylation sites is 1. The van der Waals surface area contributed by atoms with Gasteiger partial charge in [-0.1, -0.05) is 29.8 Å². The van der Waals surface area contributed by atoms with Crippen molar-refractivity contribution in [2.75, 3.05) is 12.1 Å². The van der Waals surface area contributed by atoms with Gasteiger partial charge in [0.2, 0.25) is 0 Å². The second-order valence-corrected chi connectivity index (χ2v) is 4.33. The smallest absolute Gasteiger partial charge is 0.281 e. The predicted octanol–water partition coefficient (Wildman–Crippen LogP) is 3.00. The van der Waals surface area contributed by atoms with Gasteiger partial charge in [-0.15, -0.1) is 0 Å². The number of nitrogens with two attached hydrogens (primary N) is 1. The summed E-state index contributed by atoms with van der Waals surface area (Å²) in [5.74, 6) is 0. The number of amides is 1. The molecule has 2 N–H and O–H groups in total. The first kappa shape index (κ1) is 13.6. The molecule has 0 heterocycles. The average molecular weight is 270 g/mol. The van der Waals surface area contributed by atoms with Crippen LogP contribution >= 0.6 is 23.4 Å². The zero-order valence-corrected chi connectivity index (χ0v) is 10.8. The lowest BCUT2D eigenvalue weighted by molar-refractivity contribution is 0.267. The molecule has 0 bridgehead atoms. The minimum atomic E-state index is -0.522. The van der Waals surface area contributed by atoms with Gasteiger partial charge in [-0.05, 0) is 23.9 Å². The Bertz CT molecular complexity index is 434. The molecule has 1 rings (SSSR count). The molecule has 6 heteroatoms. The van der Waals surface area contributed by atoms with Gasteiger partial charge < -0.3 is 5.73 Å². The van der Waals surface area contributed by atoms with Crippen LogP contribution in [0.4, 0.5) is 10.5 Å². The van der Waals surface area contributed by atoms with Crippen molar-refractivity contribution < 1.29 is 4.79 Å². The van der Waals surface area contributed by atoms with E-state index >= 15 is 0 Å². The molecular weight excluding hydrogens is 258 g/mol. The summed E-state index contributed by atoms with van der Waals surface area (Å²) in [7, 11) is 1.80. The van der Waals surface area contributed by atoms with Gasteiger partial charge in [0, 0.05) is 17.5 Å². The number of hydrogen-bond donors (Lipinski definition) is 1. The maximum Gasteiger partial charge on any atom is 0.281 e. The van der Waals surface area contributed by atoms with Gasteiger partial charge in [0.15, 0.2) is 0 Å². The van der Waals surface area contributed by atoms with Crippen molar-refractivity contribution in [1.29, 1.82) is 0 Å². The minimum absolute atomic E-state index is 0.488. The van der Waals surface area contributed by atoms with E-state index in [9.17, 15) is 4.79 Å². The molecule has 90 valence electrons. The Morgan fingerprint density at radius 2 is 2.12 bits per heavy atom. The third-order valence-electron chi connectivity index (χ3n) is 1.81. The molecule has 1 amide bonds. The first-order valence-electron chi connectivity index (χ1n) is 4.74. The molecule has 0 saturated carbocycles. The Balaban J connectivity index is 2.67. The number of carbonyl (C=O) groups excluding carboxylic acids is 1. The fourth-order valence-corrected chi connectivity index (χ4v) is 1.61. The number of hydrogen-bond acceptors (Lipinski definition) is 4. The van der Waals surface area contributed by atoms with Gasteiger partial charge in [-0.25, -0.2) is 0 Å². The Morgan fingerprint density at radius 3 is 2.65 bits per heavy atom. The van der Waals surface area contributed by atoms with Crippen LogP contribution in [-0.4, -0.2) is 18.5 Å². The van der Waals surface area contributed by atoms with E-state index in [0.29, 0.717) is 4.91 Å². The number of allylic oxidation sites excluding steroid dienone is 1. The highest BCUT2D eigenvalue weighted by Crippen LogP contribution is 2.16. The van der Waals surface area contributed by atoms with Crippen LogP contribution in [0.2, 0.25) is 0 Å². The van der Waals surface area contributed by atoms with Crippen LogP contribution in [0.15, 0.2) is 45.9 Å². The predicted molar refractivity (Wildman–Crippen MR) is 74.4 cm³/mol. The summed E-state index contributed by atoms with van der Waals surface area (Å²) in [4.78, 5) is 11.2. The van der Waals surface area contributed by atoms with Gasteiger partial charge >= 0.3 is 0 Å². The minimum Gasteiger partial charge on any atom is -0.360 e. The van der Waals surface area contributed by atoms with Crippen LogP contribution < -0.4 is 10.7 Å². The van der Waals surface area contributed by atoms with Gasteiger partial charge in [0.1, 0.15) is 0 Å². The molecule has 0 fully saturated rings. The molecule has 0 spiro atoms. The first-order chi connectivity index (χ1) is 8.13. The van der Waals surface area contributed by atoms with Crippen molar-refractivity contribution in [3.05, 3.63) is 40.8 Å². The van der Waals surface area contributed by atoms with Crippen LogP contribution in [0.3, 0.4) is 0 Å². The largest absolute Gasteiger partial charge is 0.360 e. The van der Waals surface area contributed by atoms with Crippen molar-refractivity contribution in [2.45, 2.75) is 0 Å². The zero-order valence-electron chi connectivity index (χ0n) is 9.21. The number of hydrazone groups is 1. The number of halogens is 1. The molecule has 0 atom stereocenters. The van der Waals surface area contributed by atoms with Crippen molar-refractivity contribution >= 4 is 40.5 Å². The highest BCUT2D eigenvalue weighted by molar-refractivity contribution is 8.17. The molecule has 1 aromatic rings. The van der Waals surface area contributed by atoms with Crippen molar-refractivity contribution in [2.24, 2.45) is 10.8 Å². The normalized spacial score (nSPS) is 11.8. The lowest BCUT2D eigenvalue weighted by Gasteiger charge is -2.12. The molecule has 0 aromatic heterocycles. The summed E-state index contributed by atoms with van der Waals surface area (Å²) < 4.78 is 0. The molecule has 0 saturated heterocycles. The van der Waals surface area contributed by atoms with E-state index < -0.39 is 5.24 Å². The van der Waals surface area contributed by atoms with E-state index in [0.717, 1.165) is 17.4 Å². The summed E-state index contributed by atoms with van der Waals surface area (Å²) in [5.41, 5.74) is 7.23. The van der Waals surface area contributed by atoms with Gasteiger partial charge in [-0.3, -0.25) is 9.80 Å². The number of carbonyl (C=O) groups is 1. The molecule has 1 aromatic carbocycles. The highest BCUT2D eigenvalue weighted by atomic mass is 35.5. The number of benzene rings is 1. The fourth-order valence-electron chi connectivity index (χ4n) is 1.05. The Labute approximate surface area is 109 Å². The molecule has 0 aliphatic heterocycles. The molecule has 4 nitrogen and oxygen atoms in total. The lowest BCUT2D eigenvalue weighted by Crippen LogP contribution is -2.09. The van der Waals surface area contributed by atoms with Gasteiger partial charge in [0.25, 0.3) is 5.24 Å². The summed E-state index contributed by atoms with van der Waals surface area (Å²) >= 11 is 6.37. The van der Waals surface area contributed by atoms with Gasteiger partial charge in [-0.2, -0.15) is 5.10 Å². The van der Waals surface area contributed by atoms with Crippen molar-refractivity contribution in [3.8, 4) is 0 Å². The summed E-state index contributed by atoms with van der Waals surface area (Å²) in [6, 6.07) is 9.59. The van der Waals surface area contributed by atoms with Crippen molar-refractivity contribution in [1.82, 2.24) is 0 Å². The Hall–Kier alpha value is -1.46. The second-order valence-electron chi connectivity index (χ2n) is 3.04. The molecule has 0 aliphatic rings. The monoisotopic (exact) mass is 269 g/mol. The number of thioether (sulfide) groups is 1. The summed E-state index contributed by atoms with van der Waals surface area (Å²) in [6.07, 6.45) is 1.48. The van der Waals surface area contributed by atoms with E-state index in [4.69, 9.17) is 17.3 Å². The quantitative estimate of drug-likeness (QED) is 0.675. The van der Waals surface area contributed by atoms with Crippen LogP contribution in [0.5, 0.6) is 0 Å². The maximum absolute atomic E-state index is 10.7. The second kappa shape index (κ2) is 6.98. The van der Waals surface area contributed by atoms with Crippen LogP contribution in [-0.2, 0) is 0 Å². The zero-order chi connectivity index (χ0) is 12.7. The number of primary amides is 1. The Kier molecular flexibility index (Phi) is 5.59. The van der Waals surface area contributed by atoms with Crippen LogP contribution in [0.25, 0.3) is 0 Å². The van der Waals surface area contributed by atoms with E-state index in [1.54, 1.807) is 12.1 Å². The molecule has 0 aliphatic carbocycles. The third kappa shape index (κ3) is 4.93. The van der Waals surface area contributed by atoms with Crippen molar-refractivity contribution in [3.63, 3.8) is 0 Å². The van der Waals surface area contributed by atoms with E-state index in [2.05, 4.69) is 5.10 Å². The van der Waals surface area contributed by atoms with Gasteiger partial charge in [0.05, 0.1) is 11.9 Å². The van der Waals surface area contributed by atoms with Crippen LogP contribution in [0.1, 0.15) is 0 Å². The lowest BCUT2D eigenvalue weighted by atomic mass is 10.3. The third-order valence-corrected chi connectivity index (χ3v) is 2.84. The molecule has 17 heavy (non-hydrogen) atoms. The van der Waals surface area contributed by atoms with E-state index in [-0.39, 0.29) is 0 Å². The topological polar surface area (TPSA) is 58.7 Å². The number of anilines is 1. The summed E-state index contributed by atoms with van der Waals surface area (Å²) in [6.45, 7) is 0. The van der Waals surface area contributed by atoms with E-state index in [1.165, 1.54) is 11.7 Å². The van der Waals surface area contributed by atoms with Crippen LogP contribution in [0, 0.1) is 0 Å². The molecule has 0 radical (unpaired) electrons. The number of nitrogens with zero attached hydrogens (tertiary/aromatic N) is 2. The maximum atomic E-state index is 10.7. The number of rotatable bonds is 4. The molecule has 0 unspecified atom stereocenters. The highest BCUT2D eigenvalue weighted by Gasteiger charge is 2.01. The Morgan fingerprint density at radius 1 is 1.47 bits per heavy atom. The average Bonchev–Trinajstić information content (AvgIpc) is 2.34. The van der Waals surface area contributed by atoms with E-state index in [1.807, 2.05) is 30.3 Å². The molecular formula is C11H12ClN3OS. The first-order valence-corrected chi connectivity index (χ1v) is 5.99. The SMILES string of the molecule is CN(/N=C/C(=C\Cl)SC(N)=O)c1ccccc1. The fraction of sp³-hybridized carbons (Fsp3) is 0.0909. The summed E-state index contributed by atoms with van der Waals surface area (Å²) in [5, 5.41) is 5.29.